The second-order valence-electron chi connectivity index (χ2n) is 8.04. The molecule has 0 aromatic rings. The van der Waals surface area contributed by atoms with Crippen LogP contribution in [-0.4, -0.2) is 86.5 Å². The first-order valence-corrected chi connectivity index (χ1v) is 9.65. The summed E-state index contributed by atoms with van der Waals surface area (Å²) in [7, 11) is 0. The zero-order valence-electron chi connectivity index (χ0n) is 16.9. The second kappa shape index (κ2) is 11.9. The van der Waals surface area contributed by atoms with E-state index in [1.807, 2.05) is 20.8 Å². The van der Waals surface area contributed by atoms with E-state index in [1.54, 1.807) is 4.90 Å². The molecule has 2 fully saturated rings. The van der Waals surface area contributed by atoms with E-state index in [4.69, 9.17) is 15.2 Å². The number of amides is 1. The number of carbonyl (C=O) groups is 1. The Morgan fingerprint density at radius 3 is 2.67 bits per heavy atom. The molecule has 158 valence electrons. The zero-order valence-corrected chi connectivity index (χ0v) is 19.2. The fourth-order valence-electron chi connectivity index (χ4n) is 3.10. The number of morpholine rings is 1. The molecule has 2 rings (SSSR count). The van der Waals surface area contributed by atoms with E-state index in [0.717, 1.165) is 58.8 Å². The molecule has 2 aliphatic heterocycles. The van der Waals surface area contributed by atoms with Crippen LogP contribution in [0.2, 0.25) is 0 Å². The van der Waals surface area contributed by atoms with Crippen LogP contribution in [0.15, 0.2) is 4.99 Å². The lowest BCUT2D eigenvalue weighted by atomic mass is 10.1. The number of guanidine groups is 1. The predicted molar refractivity (Wildman–Crippen MR) is 118 cm³/mol. The lowest BCUT2D eigenvalue weighted by Crippen LogP contribution is -2.39. The number of halogens is 1. The fourth-order valence-corrected chi connectivity index (χ4v) is 3.10. The van der Waals surface area contributed by atoms with Gasteiger partial charge in [0.25, 0.3) is 0 Å². The highest BCUT2D eigenvalue weighted by Gasteiger charge is 2.29. The molecule has 1 amide bonds. The van der Waals surface area contributed by atoms with Crippen LogP contribution in [0, 0.1) is 5.92 Å². The van der Waals surface area contributed by atoms with Crippen LogP contribution in [0.5, 0.6) is 0 Å². The van der Waals surface area contributed by atoms with Gasteiger partial charge in [-0.15, -0.1) is 24.0 Å². The fraction of sp³-hybridized carbons (Fsp3) is 0.889. The van der Waals surface area contributed by atoms with Crippen molar-refractivity contribution in [2.45, 2.75) is 39.2 Å². The van der Waals surface area contributed by atoms with Crippen LogP contribution in [0.1, 0.15) is 33.6 Å². The van der Waals surface area contributed by atoms with Gasteiger partial charge >= 0.3 is 6.09 Å². The van der Waals surface area contributed by atoms with Gasteiger partial charge < -0.3 is 25.4 Å². The largest absolute Gasteiger partial charge is 0.444 e. The second-order valence-corrected chi connectivity index (χ2v) is 8.04. The molecule has 0 saturated carbocycles. The monoisotopic (exact) mass is 497 g/mol. The molecule has 1 atom stereocenters. The highest BCUT2D eigenvalue weighted by atomic mass is 127. The van der Waals surface area contributed by atoms with Crippen molar-refractivity contribution in [1.82, 2.24) is 15.1 Å². The van der Waals surface area contributed by atoms with Gasteiger partial charge in [0.1, 0.15) is 5.60 Å². The molecule has 0 radical (unpaired) electrons. The summed E-state index contributed by atoms with van der Waals surface area (Å²) in [5.41, 5.74) is 5.49. The summed E-state index contributed by atoms with van der Waals surface area (Å²) in [4.78, 5) is 20.7. The van der Waals surface area contributed by atoms with Crippen molar-refractivity contribution in [3.8, 4) is 0 Å². The van der Waals surface area contributed by atoms with Gasteiger partial charge in [-0.05, 0) is 46.1 Å². The maximum Gasteiger partial charge on any atom is 0.410 e. The third-order valence-electron chi connectivity index (χ3n) is 4.52. The Morgan fingerprint density at radius 1 is 1.30 bits per heavy atom. The van der Waals surface area contributed by atoms with Gasteiger partial charge in [0.15, 0.2) is 5.96 Å². The van der Waals surface area contributed by atoms with Crippen LogP contribution < -0.4 is 11.1 Å². The van der Waals surface area contributed by atoms with E-state index in [2.05, 4.69) is 15.2 Å². The number of ether oxygens (including phenoxy) is 2. The van der Waals surface area contributed by atoms with Gasteiger partial charge in [-0.25, -0.2) is 4.79 Å². The van der Waals surface area contributed by atoms with Crippen LogP contribution in [-0.2, 0) is 9.47 Å². The van der Waals surface area contributed by atoms with Crippen molar-refractivity contribution >= 4 is 36.0 Å². The van der Waals surface area contributed by atoms with Gasteiger partial charge in [0, 0.05) is 39.3 Å². The lowest BCUT2D eigenvalue weighted by Gasteiger charge is -2.26. The number of likely N-dealkylation sites (tertiary alicyclic amines) is 1. The van der Waals surface area contributed by atoms with E-state index in [9.17, 15) is 4.79 Å². The quantitative estimate of drug-likeness (QED) is 0.250. The Labute approximate surface area is 180 Å². The van der Waals surface area contributed by atoms with E-state index < -0.39 is 5.60 Å². The summed E-state index contributed by atoms with van der Waals surface area (Å²) in [6.45, 7) is 13.3. The maximum atomic E-state index is 12.1. The molecule has 9 heteroatoms. The first-order valence-electron chi connectivity index (χ1n) is 9.65. The SMILES string of the molecule is CC(C)(C)OC(=O)N1CCC(CN=C(N)NCCCN2CCOCC2)C1.I. The normalized spacial score (nSPS) is 21.7. The summed E-state index contributed by atoms with van der Waals surface area (Å²) >= 11 is 0. The number of nitrogens with zero attached hydrogens (tertiary/aromatic N) is 3. The number of hydrogen-bond donors (Lipinski definition) is 2. The van der Waals surface area contributed by atoms with Gasteiger partial charge in [-0.1, -0.05) is 0 Å². The molecule has 2 aliphatic rings. The summed E-state index contributed by atoms with van der Waals surface area (Å²) in [5, 5.41) is 3.18. The molecular weight excluding hydrogens is 461 g/mol. The minimum Gasteiger partial charge on any atom is -0.444 e. The Balaban J connectivity index is 0.00000364. The van der Waals surface area contributed by atoms with Crippen molar-refractivity contribution < 1.29 is 14.3 Å². The van der Waals surface area contributed by atoms with Crippen LogP contribution in [0.3, 0.4) is 0 Å². The van der Waals surface area contributed by atoms with Crippen LogP contribution >= 0.6 is 24.0 Å². The van der Waals surface area contributed by atoms with Crippen molar-refractivity contribution in [2.75, 3.05) is 59.0 Å². The Bertz CT molecular complexity index is 478. The summed E-state index contributed by atoms with van der Waals surface area (Å²) in [6, 6.07) is 0. The average Bonchev–Trinajstić information content (AvgIpc) is 3.06. The lowest BCUT2D eigenvalue weighted by molar-refractivity contribution is 0.0289. The van der Waals surface area contributed by atoms with Gasteiger partial charge in [0.2, 0.25) is 0 Å². The molecule has 2 heterocycles. The summed E-state index contributed by atoms with van der Waals surface area (Å²) in [6.07, 6.45) is 1.73. The molecule has 0 spiro atoms. The minimum atomic E-state index is -0.455. The molecule has 2 saturated heterocycles. The topological polar surface area (TPSA) is 92.4 Å². The zero-order chi connectivity index (χ0) is 19.0. The maximum absolute atomic E-state index is 12.1. The van der Waals surface area contributed by atoms with Crippen LogP contribution in [0.25, 0.3) is 0 Å². The van der Waals surface area contributed by atoms with Crippen molar-refractivity contribution in [3.63, 3.8) is 0 Å². The van der Waals surface area contributed by atoms with Crippen molar-refractivity contribution in [1.29, 1.82) is 0 Å². The van der Waals surface area contributed by atoms with E-state index in [-0.39, 0.29) is 30.1 Å². The Hall–Kier alpha value is -0.810. The highest BCUT2D eigenvalue weighted by Crippen LogP contribution is 2.19. The standard InChI is InChI=1S/C18H35N5O3.HI/c1-18(2,3)26-17(24)23-8-5-15(14-23)13-21-16(19)20-6-4-7-22-9-11-25-12-10-22;/h15H,4-14H2,1-3H3,(H3,19,20,21);1H. The average molecular weight is 497 g/mol. The van der Waals surface area contributed by atoms with Gasteiger partial charge in [0.05, 0.1) is 13.2 Å². The van der Waals surface area contributed by atoms with Gasteiger partial charge in [-0.2, -0.15) is 0 Å². The third kappa shape index (κ3) is 9.79. The smallest absolute Gasteiger partial charge is 0.410 e. The molecule has 1 unspecified atom stereocenters. The predicted octanol–water partition coefficient (Wildman–Crippen LogP) is 1.49. The molecule has 0 bridgehead atoms. The number of rotatable bonds is 6. The molecule has 8 nitrogen and oxygen atoms in total. The molecule has 3 N–H and O–H groups in total. The molecular formula is C18H36IN5O3. The third-order valence-corrected chi connectivity index (χ3v) is 4.52. The first kappa shape index (κ1) is 24.2. The molecule has 0 aromatic carbocycles. The Morgan fingerprint density at radius 2 is 2.00 bits per heavy atom. The number of nitrogens with one attached hydrogen (secondary N) is 1. The molecule has 0 aromatic heterocycles. The number of nitrogens with two attached hydrogens (primary N) is 1. The Kier molecular flexibility index (Phi) is 10.7. The summed E-state index contributed by atoms with van der Waals surface area (Å²) < 4.78 is 10.8. The molecule has 0 aliphatic carbocycles. The van der Waals surface area contributed by atoms with E-state index in [0.29, 0.717) is 25.0 Å². The number of carbonyl (C=O) groups excluding carboxylic acids is 1. The minimum absolute atomic E-state index is 0. The van der Waals surface area contributed by atoms with E-state index in [1.165, 1.54) is 0 Å². The van der Waals surface area contributed by atoms with E-state index >= 15 is 0 Å². The summed E-state index contributed by atoms with van der Waals surface area (Å²) in [5.74, 6) is 0.832. The first-order chi connectivity index (χ1) is 12.3. The van der Waals surface area contributed by atoms with Crippen molar-refractivity contribution in [3.05, 3.63) is 0 Å². The highest BCUT2D eigenvalue weighted by molar-refractivity contribution is 14.0. The number of hydrogen-bond acceptors (Lipinski definition) is 5. The van der Waals surface area contributed by atoms with Gasteiger partial charge in [-0.3, -0.25) is 9.89 Å². The van der Waals surface area contributed by atoms with Crippen LogP contribution in [0.4, 0.5) is 4.79 Å². The number of aliphatic imine (C=N–C) groups is 1. The van der Waals surface area contributed by atoms with Crippen molar-refractivity contribution in [2.24, 2.45) is 16.6 Å². The molecule has 27 heavy (non-hydrogen) atoms.